The topological polar surface area (TPSA) is 36.9 Å². The van der Waals surface area contributed by atoms with Gasteiger partial charge in [-0.25, -0.2) is 0 Å². The number of rotatable bonds is 22. The van der Waals surface area contributed by atoms with Crippen LogP contribution in [-0.2, 0) is 18.9 Å². The molecule has 0 aromatic heterocycles. The van der Waals surface area contributed by atoms with Crippen LogP contribution >= 0.6 is 0 Å². The van der Waals surface area contributed by atoms with Crippen molar-refractivity contribution < 1.29 is 18.9 Å². The molecule has 1 saturated carbocycles. The summed E-state index contributed by atoms with van der Waals surface area (Å²) in [5, 5.41) is 0. The van der Waals surface area contributed by atoms with Crippen LogP contribution in [0.2, 0.25) is 0 Å². The van der Waals surface area contributed by atoms with E-state index in [1.807, 2.05) is 0 Å². The summed E-state index contributed by atoms with van der Waals surface area (Å²) in [7, 11) is 0. The van der Waals surface area contributed by atoms with Crippen molar-refractivity contribution in [3.63, 3.8) is 0 Å². The molecule has 0 N–H and O–H groups in total. The van der Waals surface area contributed by atoms with Gasteiger partial charge in [-0.15, -0.1) is 0 Å². The monoisotopic (exact) mass is 565 g/mol. The predicted octanol–water partition coefficient (Wildman–Crippen LogP) is 10.8. The molecule has 0 radical (unpaired) electrons. The van der Waals surface area contributed by atoms with Crippen molar-refractivity contribution in [3.8, 4) is 0 Å². The van der Waals surface area contributed by atoms with Crippen LogP contribution < -0.4 is 0 Å². The summed E-state index contributed by atoms with van der Waals surface area (Å²) in [6.07, 6.45) is 34.5. The molecule has 3 fully saturated rings. The van der Waals surface area contributed by atoms with Gasteiger partial charge in [-0.3, -0.25) is 0 Å². The molecule has 3 rings (SSSR count). The van der Waals surface area contributed by atoms with Gasteiger partial charge >= 0.3 is 0 Å². The van der Waals surface area contributed by atoms with Crippen molar-refractivity contribution in [3.05, 3.63) is 0 Å². The first kappa shape index (κ1) is 34.3. The van der Waals surface area contributed by atoms with Crippen LogP contribution in [0, 0.1) is 17.3 Å². The molecule has 4 nitrogen and oxygen atoms in total. The lowest BCUT2D eigenvalue weighted by atomic mass is 9.72. The van der Waals surface area contributed by atoms with E-state index in [-0.39, 0.29) is 11.2 Å². The van der Waals surface area contributed by atoms with E-state index in [1.165, 1.54) is 154 Å². The second-order valence-electron chi connectivity index (χ2n) is 14.0. The predicted molar refractivity (Wildman–Crippen MR) is 168 cm³/mol. The fourth-order valence-electron chi connectivity index (χ4n) is 7.51. The third kappa shape index (κ3) is 12.6. The third-order valence-electron chi connectivity index (χ3n) is 10.2. The van der Waals surface area contributed by atoms with Gasteiger partial charge in [0.2, 0.25) is 0 Å². The average molecular weight is 565 g/mol. The molecule has 3 aliphatic rings. The minimum absolute atomic E-state index is 0.103. The van der Waals surface area contributed by atoms with Gasteiger partial charge in [-0.05, 0) is 25.2 Å². The fourth-order valence-corrected chi connectivity index (χ4v) is 7.51. The normalized spacial score (nSPS) is 24.1. The highest BCUT2D eigenvalue weighted by molar-refractivity contribution is 4.94. The van der Waals surface area contributed by atoms with E-state index in [2.05, 4.69) is 13.8 Å². The summed E-state index contributed by atoms with van der Waals surface area (Å²) >= 11 is 0. The molecule has 4 heteroatoms. The van der Waals surface area contributed by atoms with Crippen LogP contribution in [0.4, 0.5) is 0 Å². The minimum Gasteiger partial charge on any atom is -0.355 e. The van der Waals surface area contributed by atoms with E-state index in [9.17, 15) is 0 Å². The van der Waals surface area contributed by atoms with E-state index in [4.69, 9.17) is 18.9 Å². The lowest BCUT2D eigenvalue weighted by Gasteiger charge is -2.53. The Morgan fingerprint density at radius 3 is 1.45 bits per heavy atom. The first-order chi connectivity index (χ1) is 19.7. The molecule has 0 aromatic carbocycles. The number of ether oxygens (including phenoxy) is 4. The second kappa shape index (κ2) is 20.7. The molecule has 0 amide bonds. The Bertz CT molecular complexity index is 592. The molecule has 2 atom stereocenters. The Hall–Kier alpha value is -0.160. The Labute approximate surface area is 249 Å². The van der Waals surface area contributed by atoms with Crippen LogP contribution in [0.25, 0.3) is 0 Å². The number of hydrogen-bond donors (Lipinski definition) is 0. The van der Waals surface area contributed by atoms with E-state index < -0.39 is 0 Å². The molecule has 2 aliphatic heterocycles. The summed E-state index contributed by atoms with van der Waals surface area (Å²) in [6.45, 7) is 7.88. The van der Waals surface area contributed by atoms with E-state index in [0.29, 0.717) is 25.9 Å². The van der Waals surface area contributed by atoms with Gasteiger partial charge in [0, 0.05) is 12.3 Å². The molecule has 2 heterocycles. The van der Waals surface area contributed by atoms with Gasteiger partial charge in [-0.1, -0.05) is 149 Å². The summed E-state index contributed by atoms with van der Waals surface area (Å²) in [5.41, 5.74) is -0.103. The molecule has 2 unspecified atom stereocenters. The molecule has 40 heavy (non-hydrogen) atoms. The maximum atomic E-state index is 6.80. The van der Waals surface area contributed by atoms with Crippen molar-refractivity contribution in [1.82, 2.24) is 0 Å². The van der Waals surface area contributed by atoms with E-state index in [0.717, 1.165) is 25.6 Å². The maximum Gasteiger partial charge on any atom is 0.171 e. The van der Waals surface area contributed by atoms with Crippen LogP contribution in [0.15, 0.2) is 0 Å². The highest BCUT2D eigenvalue weighted by Crippen LogP contribution is 2.48. The Morgan fingerprint density at radius 1 is 0.500 bits per heavy atom. The van der Waals surface area contributed by atoms with E-state index in [1.54, 1.807) is 0 Å². The van der Waals surface area contributed by atoms with Crippen molar-refractivity contribution in [2.24, 2.45) is 17.3 Å². The zero-order valence-corrected chi connectivity index (χ0v) is 27.0. The van der Waals surface area contributed by atoms with Crippen LogP contribution in [0.5, 0.6) is 0 Å². The second-order valence-corrected chi connectivity index (χ2v) is 14.0. The summed E-state index contributed by atoms with van der Waals surface area (Å²) in [6, 6.07) is 0. The number of unbranched alkanes of at least 4 members (excludes halogenated alkanes) is 18. The molecular weight excluding hydrogens is 496 g/mol. The highest BCUT2D eigenvalue weighted by Gasteiger charge is 2.52. The van der Waals surface area contributed by atoms with Gasteiger partial charge in [-0.2, -0.15) is 0 Å². The molecule has 236 valence electrons. The standard InChI is InChI=1S/C36H68O4/c1-3-5-7-9-11-13-15-17-19-21-23-33-25-26-34(24-22-20-18-16-14-12-10-8-6-4-2)36(27-33)39-30-35(31-40-36)28-37-32-38-29-35/h33-34H,3-32H2,1-2H3. The summed E-state index contributed by atoms with van der Waals surface area (Å²) in [4.78, 5) is 0. The summed E-state index contributed by atoms with van der Waals surface area (Å²) in [5.74, 6) is 0.947. The van der Waals surface area contributed by atoms with Crippen molar-refractivity contribution in [2.75, 3.05) is 33.2 Å². The average Bonchev–Trinajstić information content (AvgIpc) is 2.98. The van der Waals surface area contributed by atoms with Crippen LogP contribution in [-0.4, -0.2) is 39.0 Å². The number of hydrogen-bond acceptors (Lipinski definition) is 4. The van der Waals surface area contributed by atoms with Gasteiger partial charge in [0.05, 0.1) is 31.8 Å². The van der Waals surface area contributed by atoms with E-state index >= 15 is 0 Å². The largest absolute Gasteiger partial charge is 0.355 e. The van der Waals surface area contributed by atoms with Crippen molar-refractivity contribution in [1.29, 1.82) is 0 Å². The molecule has 2 spiro atoms. The Balaban J connectivity index is 1.36. The van der Waals surface area contributed by atoms with Gasteiger partial charge < -0.3 is 18.9 Å². The molecular formula is C36H68O4. The van der Waals surface area contributed by atoms with Gasteiger partial charge in [0.1, 0.15) is 6.79 Å². The smallest absolute Gasteiger partial charge is 0.171 e. The van der Waals surface area contributed by atoms with Crippen LogP contribution in [0.3, 0.4) is 0 Å². The van der Waals surface area contributed by atoms with Crippen LogP contribution in [0.1, 0.15) is 174 Å². The fraction of sp³-hybridized carbons (Fsp3) is 1.00. The third-order valence-corrected chi connectivity index (χ3v) is 10.2. The molecule has 2 saturated heterocycles. The first-order valence-electron chi connectivity index (χ1n) is 18.2. The summed E-state index contributed by atoms with van der Waals surface area (Å²) < 4.78 is 24.9. The Morgan fingerprint density at radius 2 is 0.950 bits per heavy atom. The highest BCUT2D eigenvalue weighted by atomic mass is 16.7. The SMILES string of the molecule is CCCCCCCCCCCCC1CCC(CCCCCCCCCCCC)C2(C1)OCC1(COCOC1)CO2. The van der Waals surface area contributed by atoms with Gasteiger partial charge in [0.15, 0.2) is 5.79 Å². The molecule has 0 bridgehead atoms. The van der Waals surface area contributed by atoms with Crippen molar-refractivity contribution in [2.45, 2.75) is 180 Å². The minimum atomic E-state index is -0.358. The Kier molecular flexibility index (Phi) is 17.8. The molecule has 0 aromatic rings. The lowest BCUT2D eigenvalue weighted by Crippen LogP contribution is -2.59. The first-order valence-corrected chi connectivity index (χ1v) is 18.2. The lowest BCUT2D eigenvalue weighted by molar-refractivity contribution is -0.361. The quantitative estimate of drug-likeness (QED) is 0.123. The molecule has 1 aliphatic carbocycles. The van der Waals surface area contributed by atoms with Crippen molar-refractivity contribution >= 4 is 0 Å². The maximum absolute atomic E-state index is 6.80. The zero-order chi connectivity index (χ0) is 28.2. The zero-order valence-electron chi connectivity index (χ0n) is 27.0. The van der Waals surface area contributed by atoms with Gasteiger partial charge in [0.25, 0.3) is 0 Å².